The minimum absolute atomic E-state index is 0.164. The van der Waals surface area contributed by atoms with Crippen molar-refractivity contribution in [2.75, 3.05) is 44.6 Å². The number of amides is 3. The molecule has 8 nitrogen and oxygen atoms in total. The summed E-state index contributed by atoms with van der Waals surface area (Å²) in [5.74, 6) is -0.405. The predicted molar refractivity (Wildman–Crippen MR) is 117 cm³/mol. The molecule has 0 radical (unpaired) electrons. The van der Waals surface area contributed by atoms with Gasteiger partial charge in [-0.3, -0.25) is 14.5 Å². The zero-order chi connectivity index (χ0) is 22.1. The van der Waals surface area contributed by atoms with E-state index < -0.39 is 0 Å². The summed E-state index contributed by atoms with van der Waals surface area (Å²) in [5.41, 5.74) is 1.92. The molecule has 0 saturated carbocycles. The molecule has 2 aromatic carbocycles. The maximum absolute atomic E-state index is 12.6. The molecule has 0 aromatic heterocycles. The Morgan fingerprint density at radius 3 is 2.39 bits per heavy atom. The van der Waals surface area contributed by atoms with Crippen LogP contribution < -0.4 is 15.5 Å². The van der Waals surface area contributed by atoms with Crippen molar-refractivity contribution in [2.24, 2.45) is 0 Å². The van der Waals surface area contributed by atoms with E-state index in [0.717, 1.165) is 10.5 Å². The largest absolute Gasteiger partial charge is 0.450 e. The van der Waals surface area contributed by atoms with Crippen LogP contribution in [0.25, 0.3) is 0 Å². The maximum Gasteiger partial charge on any atom is 0.410 e. The quantitative estimate of drug-likeness (QED) is 0.615. The van der Waals surface area contributed by atoms with Crippen LogP contribution in [0, 0.1) is 0 Å². The van der Waals surface area contributed by atoms with E-state index in [2.05, 4.69) is 10.6 Å². The van der Waals surface area contributed by atoms with Crippen molar-refractivity contribution < 1.29 is 24.0 Å². The van der Waals surface area contributed by atoms with Gasteiger partial charge in [0.05, 0.1) is 44.0 Å². The Labute approximate surface area is 182 Å². The third kappa shape index (κ3) is 6.55. The summed E-state index contributed by atoms with van der Waals surface area (Å²) >= 11 is 0. The van der Waals surface area contributed by atoms with E-state index >= 15 is 0 Å². The first kappa shape index (κ1) is 22.3. The van der Waals surface area contributed by atoms with E-state index in [1.807, 2.05) is 30.3 Å². The highest BCUT2D eigenvalue weighted by molar-refractivity contribution is 6.03. The highest BCUT2D eigenvalue weighted by Gasteiger charge is 2.26. The molecule has 1 aliphatic rings. The molecule has 164 valence electrons. The van der Waals surface area contributed by atoms with E-state index in [0.29, 0.717) is 50.6 Å². The number of benzene rings is 2. The van der Waals surface area contributed by atoms with Crippen molar-refractivity contribution in [1.29, 1.82) is 0 Å². The summed E-state index contributed by atoms with van der Waals surface area (Å²) in [5, 5.41) is 5.76. The van der Waals surface area contributed by atoms with Gasteiger partial charge in [0.15, 0.2) is 6.54 Å². The molecule has 1 heterocycles. The van der Waals surface area contributed by atoms with Gasteiger partial charge in [0, 0.05) is 6.54 Å². The molecule has 3 N–H and O–H groups in total. The smallest absolute Gasteiger partial charge is 0.410 e. The lowest BCUT2D eigenvalue weighted by Crippen LogP contribution is -3.15. The topological polar surface area (TPSA) is 92.2 Å². The van der Waals surface area contributed by atoms with E-state index in [9.17, 15) is 14.4 Å². The number of carbonyl (C=O) groups is 3. The van der Waals surface area contributed by atoms with Gasteiger partial charge in [-0.15, -0.1) is 0 Å². The van der Waals surface area contributed by atoms with Crippen molar-refractivity contribution in [2.45, 2.75) is 13.5 Å². The lowest BCUT2D eigenvalue weighted by molar-refractivity contribution is -0.895. The number of anilines is 1. The number of quaternary nitrogens is 1. The van der Waals surface area contributed by atoms with Crippen molar-refractivity contribution in [3.8, 4) is 0 Å². The molecule has 3 amide bonds. The molecular weight excluding hydrogens is 396 g/mol. The highest BCUT2D eigenvalue weighted by Crippen LogP contribution is 2.15. The van der Waals surface area contributed by atoms with E-state index in [4.69, 9.17) is 4.74 Å². The second-order valence-corrected chi connectivity index (χ2v) is 7.37. The van der Waals surface area contributed by atoms with Crippen molar-refractivity contribution in [1.82, 2.24) is 10.2 Å². The van der Waals surface area contributed by atoms with E-state index in [1.54, 1.807) is 36.1 Å². The fourth-order valence-electron chi connectivity index (χ4n) is 3.48. The van der Waals surface area contributed by atoms with E-state index in [-0.39, 0.29) is 24.5 Å². The minimum Gasteiger partial charge on any atom is -0.450 e. The maximum atomic E-state index is 12.6. The van der Waals surface area contributed by atoms with Crippen LogP contribution >= 0.6 is 0 Å². The molecular formula is C23H29N4O4+. The fourth-order valence-corrected chi connectivity index (χ4v) is 3.48. The summed E-state index contributed by atoms with van der Waals surface area (Å²) in [6.45, 7) is 5.28. The Bertz CT molecular complexity index is 895. The number of carbonyl (C=O) groups excluding carboxylic acids is 3. The molecule has 8 heteroatoms. The van der Waals surface area contributed by atoms with Gasteiger partial charge in [-0.25, -0.2) is 4.79 Å². The van der Waals surface area contributed by atoms with Crippen molar-refractivity contribution in [3.05, 3.63) is 65.7 Å². The molecule has 0 unspecified atom stereocenters. The third-order valence-corrected chi connectivity index (χ3v) is 5.15. The lowest BCUT2D eigenvalue weighted by Gasteiger charge is -2.31. The van der Waals surface area contributed by atoms with Crippen LogP contribution in [-0.4, -0.2) is 62.1 Å². The average molecular weight is 426 g/mol. The van der Waals surface area contributed by atoms with Gasteiger partial charge in [0.2, 0.25) is 0 Å². The summed E-state index contributed by atoms with van der Waals surface area (Å²) in [6, 6.07) is 16.6. The number of para-hydroxylation sites is 1. The molecule has 0 bridgehead atoms. The number of nitrogens with one attached hydrogen (secondary N) is 3. The number of hydrogen-bond donors (Lipinski definition) is 3. The summed E-state index contributed by atoms with van der Waals surface area (Å²) in [6.07, 6.45) is -0.304. The molecule has 1 fully saturated rings. The van der Waals surface area contributed by atoms with Crippen LogP contribution in [0.1, 0.15) is 22.8 Å². The molecule has 31 heavy (non-hydrogen) atoms. The van der Waals surface area contributed by atoms with Gasteiger partial charge in [-0.05, 0) is 24.6 Å². The second kappa shape index (κ2) is 11.1. The molecule has 0 spiro atoms. The molecule has 0 atom stereocenters. The SMILES string of the molecule is CCOC(=O)N1CC[NH+](CC(=O)Nc2ccccc2C(=O)NCc2ccccc2)CC1. The van der Waals surface area contributed by atoms with Gasteiger partial charge in [-0.2, -0.15) is 0 Å². The lowest BCUT2D eigenvalue weighted by atomic mass is 10.1. The second-order valence-electron chi connectivity index (χ2n) is 7.37. The predicted octanol–water partition coefficient (Wildman–Crippen LogP) is 0.912. The normalized spacial score (nSPS) is 14.0. The van der Waals surface area contributed by atoms with Gasteiger partial charge in [0.1, 0.15) is 0 Å². The summed E-state index contributed by atoms with van der Waals surface area (Å²) in [4.78, 5) is 39.8. The number of hydrogen-bond acceptors (Lipinski definition) is 4. The van der Waals surface area contributed by atoms with Crippen LogP contribution in [0.5, 0.6) is 0 Å². The van der Waals surface area contributed by atoms with Crippen LogP contribution in [-0.2, 0) is 16.1 Å². The monoisotopic (exact) mass is 425 g/mol. The minimum atomic E-state index is -0.304. The Hall–Kier alpha value is -3.39. The van der Waals surface area contributed by atoms with Crippen molar-refractivity contribution >= 4 is 23.6 Å². The van der Waals surface area contributed by atoms with E-state index in [1.165, 1.54) is 0 Å². The van der Waals surface area contributed by atoms with Gasteiger partial charge < -0.3 is 20.3 Å². The fraction of sp³-hybridized carbons (Fsp3) is 0.348. The molecule has 1 aliphatic heterocycles. The average Bonchev–Trinajstić information content (AvgIpc) is 2.79. The number of nitrogens with zero attached hydrogens (tertiary/aromatic N) is 1. The standard InChI is InChI=1S/C23H28N4O4/c1-2-31-23(30)27-14-12-26(13-15-27)17-21(28)25-20-11-7-6-10-19(20)22(29)24-16-18-8-4-3-5-9-18/h3-11H,2,12-17H2,1H3,(H,24,29)(H,25,28)/p+1. The van der Waals surface area contributed by atoms with Gasteiger partial charge in [-0.1, -0.05) is 42.5 Å². The Morgan fingerprint density at radius 1 is 1.00 bits per heavy atom. The highest BCUT2D eigenvalue weighted by atomic mass is 16.6. The zero-order valence-corrected chi connectivity index (χ0v) is 17.7. The van der Waals surface area contributed by atoms with Crippen LogP contribution in [0.4, 0.5) is 10.5 Å². The van der Waals surface area contributed by atoms with Crippen molar-refractivity contribution in [3.63, 3.8) is 0 Å². The van der Waals surface area contributed by atoms with Gasteiger partial charge in [0.25, 0.3) is 11.8 Å². The molecule has 3 rings (SSSR count). The molecule has 0 aliphatic carbocycles. The Morgan fingerprint density at radius 2 is 1.68 bits per heavy atom. The number of piperazine rings is 1. The first-order valence-electron chi connectivity index (χ1n) is 10.5. The first-order valence-corrected chi connectivity index (χ1v) is 10.5. The van der Waals surface area contributed by atoms with Crippen LogP contribution in [0.15, 0.2) is 54.6 Å². The van der Waals surface area contributed by atoms with Gasteiger partial charge >= 0.3 is 6.09 Å². The first-order chi connectivity index (χ1) is 15.1. The summed E-state index contributed by atoms with van der Waals surface area (Å²) < 4.78 is 5.02. The molecule has 2 aromatic rings. The summed E-state index contributed by atoms with van der Waals surface area (Å²) in [7, 11) is 0. The van der Waals surface area contributed by atoms with Crippen LogP contribution in [0.3, 0.4) is 0 Å². The zero-order valence-electron chi connectivity index (χ0n) is 17.7. The Balaban J connectivity index is 1.51. The third-order valence-electron chi connectivity index (χ3n) is 5.15. The number of rotatable bonds is 7. The number of ether oxygens (including phenoxy) is 1. The Kier molecular flexibility index (Phi) is 8.00. The van der Waals surface area contributed by atoms with Crippen LogP contribution in [0.2, 0.25) is 0 Å². The molecule has 1 saturated heterocycles.